The first-order valence-corrected chi connectivity index (χ1v) is 12.4. The summed E-state index contributed by atoms with van der Waals surface area (Å²) in [5.74, 6) is -0.628. The minimum Gasteiger partial charge on any atom is -0.462 e. The lowest BCUT2D eigenvalue weighted by molar-refractivity contribution is 0.0530. The fourth-order valence-corrected chi connectivity index (χ4v) is 6.06. The van der Waals surface area contributed by atoms with Gasteiger partial charge in [0.25, 0.3) is 5.91 Å². The van der Waals surface area contributed by atoms with Crippen molar-refractivity contribution in [3.63, 3.8) is 0 Å². The van der Waals surface area contributed by atoms with E-state index in [9.17, 15) is 18.0 Å². The van der Waals surface area contributed by atoms with Gasteiger partial charge in [-0.2, -0.15) is 9.30 Å². The molecule has 1 aliphatic heterocycles. The zero-order valence-corrected chi connectivity index (χ0v) is 19.8. The number of benzene rings is 1. The lowest BCUT2D eigenvalue weighted by Crippen LogP contribution is -2.39. The number of ether oxygens (including phenoxy) is 1. The molecule has 3 rings (SSSR count). The standard InChI is InChI=1S/C21H27N3O5S2/c1-5-29-20(26)18-15(3)23(4)21(30-18)22-19(25)16-8-10-17(11-9-16)31(27,28)24-12-6-7-14(2)13-24/h8-11,14H,5-7,12-13H2,1-4H3/t14-/m0/s1. The molecule has 0 aliphatic carbocycles. The second-order valence-electron chi connectivity index (χ2n) is 7.63. The molecule has 2 heterocycles. The topological polar surface area (TPSA) is 98.0 Å². The highest BCUT2D eigenvalue weighted by Gasteiger charge is 2.28. The van der Waals surface area contributed by atoms with Crippen LogP contribution in [0.4, 0.5) is 0 Å². The van der Waals surface area contributed by atoms with Crippen molar-refractivity contribution in [3.05, 3.63) is 45.2 Å². The quantitative estimate of drug-likeness (QED) is 0.633. The number of sulfonamides is 1. The molecular formula is C21H27N3O5S2. The first kappa shape index (κ1) is 23.4. The Bertz CT molecular complexity index is 1150. The van der Waals surface area contributed by atoms with Gasteiger partial charge in [0.15, 0.2) is 4.80 Å². The van der Waals surface area contributed by atoms with E-state index in [0.29, 0.717) is 34.4 Å². The number of nitrogens with zero attached hydrogens (tertiary/aromatic N) is 3. The van der Waals surface area contributed by atoms with E-state index in [4.69, 9.17) is 4.74 Å². The number of esters is 1. The average molecular weight is 466 g/mol. The molecule has 31 heavy (non-hydrogen) atoms. The number of thiazole rings is 1. The zero-order chi connectivity index (χ0) is 22.8. The highest BCUT2D eigenvalue weighted by molar-refractivity contribution is 7.89. The lowest BCUT2D eigenvalue weighted by Gasteiger charge is -2.30. The Labute approximate surface area is 186 Å². The van der Waals surface area contributed by atoms with Crippen LogP contribution < -0.4 is 4.80 Å². The molecule has 0 saturated carbocycles. The first-order chi connectivity index (χ1) is 14.6. The number of amides is 1. The Kier molecular flexibility index (Phi) is 7.13. The predicted molar refractivity (Wildman–Crippen MR) is 117 cm³/mol. The third-order valence-corrected chi connectivity index (χ3v) is 8.42. The smallest absolute Gasteiger partial charge is 0.350 e. The van der Waals surface area contributed by atoms with Crippen molar-refractivity contribution in [1.29, 1.82) is 0 Å². The van der Waals surface area contributed by atoms with Crippen molar-refractivity contribution in [2.45, 2.75) is 38.5 Å². The van der Waals surface area contributed by atoms with Crippen molar-refractivity contribution in [3.8, 4) is 0 Å². The molecule has 1 aromatic carbocycles. The maximum Gasteiger partial charge on any atom is 0.350 e. The van der Waals surface area contributed by atoms with Gasteiger partial charge in [0.2, 0.25) is 10.0 Å². The number of hydrogen-bond donors (Lipinski definition) is 0. The Balaban J connectivity index is 1.84. The molecule has 1 aromatic heterocycles. The third kappa shape index (κ3) is 4.97. The normalized spacial score (nSPS) is 18.2. The number of piperidine rings is 1. The fraction of sp³-hybridized carbons (Fsp3) is 0.476. The molecule has 1 amide bonds. The molecule has 1 aliphatic rings. The SMILES string of the molecule is CCOC(=O)c1sc(=NC(=O)c2ccc(S(=O)(=O)N3CCC[C@H](C)C3)cc2)n(C)c1C. The van der Waals surface area contributed by atoms with Crippen molar-refractivity contribution < 1.29 is 22.7 Å². The summed E-state index contributed by atoms with van der Waals surface area (Å²) < 4.78 is 34.0. The van der Waals surface area contributed by atoms with Gasteiger partial charge in [-0.05, 0) is 56.9 Å². The number of aromatic nitrogens is 1. The van der Waals surface area contributed by atoms with Crippen LogP contribution in [-0.2, 0) is 21.8 Å². The van der Waals surface area contributed by atoms with Crippen LogP contribution in [-0.4, -0.2) is 48.9 Å². The van der Waals surface area contributed by atoms with E-state index in [1.54, 1.807) is 25.5 Å². The van der Waals surface area contributed by atoms with Crippen LogP contribution in [0.2, 0.25) is 0 Å². The highest BCUT2D eigenvalue weighted by atomic mass is 32.2. The van der Waals surface area contributed by atoms with Gasteiger partial charge in [0.1, 0.15) is 4.88 Å². The fourth-order valence-electron chi connectivity index (χ4n) is 3.45. The van der Waals surface area contributed by atoms with Crippen LogP contribution in [0, 0.1) is 12.8 Å². The molecule has 1 atom stereocenters. The largest absolute Gasteiger partial charge is 0.462 e. The van der Waals surface area contributed by atoms with E-state index >= 15 is 0 Å². The van der Waals surface area contributed by atoms with E-state index < -0.39 is 21.9 Å². The van der Waals surface area contributed by atoms with Gasteiger partial charge >= 0.3 is 5.97 Å². The molecule has 0 bridgehead atoms. The third-order valence-electron chi connectivity index (χ3n) is 5.33. The Morgan fingerprint density at radius 2 is 1.94 bits per heavy atom. The van der Waals surface area contributed by atoms with Crippen LogP contribution in [0.5, 0.6) is 0 Å². The van der Waals surface area contributed by atoms with Crippen molar-refractivity contribution in [2.24, 2.45) is 18.0 Å². The minimum atomic E-state index is -3.58. The van der Waals surface area contributed by atoms with Crippen molar-refractivity contribution >= 4 is 33.2 Å². The second kappa shape index (κ2) is 9.46. The maximum absolute atomic E-state index is 12.9. The summed E-state index contributed by atoms with van der Waals surface area (Å²) in [5, 5.41) is 0. The summed E-state index contributed by atoms with van der Waals surface area (Å²) in [6, 6.07) is 5.83. The van der Waals surface area contributed by atoms with Gasteiger partial charge in [-0.1, -0.05) is 18.3 Å². The van der Waals surface area contributed by atoms with E-state index in [2.05, 4.69) is 4.99 Å². The Hall–Kier alpha value is -2.30. The summed E-state index contributed by atoms with van der Waals surface area (Å²) in [4.78, 5) is 29.7. The highest BCUT2D eigenvalue weighted by Crippen LogP contribution is 2.23. The number of hydrogen-bond acceptors (Lipinski definition) is 6. The van der Waals surface area contributed by atoms with Crippen LogP contribution in [0.1, 0.15) is 52.4 Å². The number of carbonyl (C=O) groups is 2. The van der Waals surface area contributed by atoms with Gasteiger partial charge in [0, 0.05) is 31.4 Å². The molecule has 1 fully saturated rings. The van der Waals surface area contributed by atoms with Gasteiger partial charge in [-0.15, -0.1) is 0 Å². The number of carbonyl (C=O) groups excluding carboxylic acids is 2. The molecule has 1 saturated heterocycles. The summed E-state index contributed by atoms with van der Waals surface area (Å²) in [6.45, 7) is 6.81. The predicted octanol–water partition coefficient (Wildman–Crippen LogP) is 2.73. The van der Waals surface area contributed by atoms with Crippen molar-refractivity contribution in [1.82, 2.24) is 8.87 Å². The van der Waals surface area contributed by atoms with Crippen LogP contribution >= 0.6 is 11.3 Å². The first-order valence-electron chi connectivity index (χ1n) is 10.2. The molecule has 0 radical (unpaired) electrons. The summed E-state index contributed by atoms with van der Waals surface area (Å²) in [7, 11) is -1.86. The molecule has 168 valence electrons. The second-order valence-corrected chi connectivity index (χ2v) is 10.5. The average Bonchev–Trinajstić information content (AvgIpc) is 3.02. The summed E-state index contributed by atoms with van der Waals surface area (Å²) >= 11 is 1.08. The van der Waals surface area contributed by atoms with E-state index in [-0.39, 0.29) is 17.1 Å². The molecule has 0 unspecified atom stereocenters. The summed E-state index contributed by atoms with van der Waals surface area (Å²) in [5.41, 5.74) is 0.932. The Morgan fingerprint density at radius 3 is 2.55 bits per heavy atom. The van der Waals surface area contributed by atoms with Gasteiger partial charge in [0.05, 0.1) is 11.5 Å². The van der Waals surface area contributed by atoms with Crippen molar-refractivity contribution in [2.75, 3.05) is 19.7 Å². The van der Waals surface area contributed by atoms with Gasteiger partial charge in [-0.3, -0.25) is 4.79 Å². The van der Waals surface area contributed by atoms with Gasteiger partial charge in [-0.25, -0.2) is 13.2 Å². The molecular weight excluding hydrogens is 438 g/mol. The monoisotopic (exact) mass is 465 g/mol. The molecule has 0 N–H and O–H groups in total. The Morgan fingerprint density at radius 1 is 1.26 bits per heavy atom. The molecule has 0 spiro atoms. The maximum atomic E-state index is 12.9. The van der Waals surface area contributed by atoms with E-state index in [0.717, 1.165) is 24.2 Å². The van der Waals surface area contributed by atoms with Crippen LogP contribution in [0.3, 0.4) is 0 Å². The molecule has 10 heteroatoms. The van der Waals surface area contributed by atoms with E-state index in [1.807, 2.05) is 6.92 Å². The summed E-state index contributed by atoms with van der Waals surface area (Å²) in [6.07, 6.45) is 1.87. The zero-order valence-electron chi connectivity index (χ0n) is 18.1. The molecule has 8 nitrogen and oxygen atoms in total. The lowest BCUT2D eigenvalue weighted by atomic mass is 10.0. The van der Waals surface area contributed by atoms with Crippen LogP contribution in [0.15, 0.2) is 34.2 Å². The molecule has 2 aromatic rings. The number of rotatable bonds is 5. The van der Waals surface area contributed by atoms with Gasteiger partial charge < -0.3 is 9.30 Å². The van der Waals surface area contributed by atoms with E-state index in [1.165, 1.54) is 28.6 Å². The van der Waals surface area contributed by atoms with Crippen LogP contribution in [0.25, 0.3) is 0 Å². The minimum absolute atomic E-state index is 0.167.